The Morgan fingerprint density at radius 1 is 0.812 bits per heavy atom. The number of hydrogen-bond acceptors (Lipinski definition) is 6. The summed E-state index contributed by atoms with van der Waals surface area (Å²) < 4.78 is 30.4. The first-order valence-electron chi connectivity index (χ1n) is 10.5. The first kappa shape index (κ1) is 25.3. The van der Waals surface area contributed by atoms with Gasteiger partial charge in [-0.25, -0.2) is 14.0 Å². The fourth-order valence-corrected chi connectivity index (χ4v) is 4.15. The largest absolute Gasteiger partial charge is 0.505 e. The van der Waals surface area contributed by atoms with Gasteiger partial charge in [-0.3, -0.25) is 0 Å². The predicted molar refractivity (Wildman–Crippen MR) is 119 cm³/mol. The van der Waals surface area contributed by atoms with Crippen LogP contribution >= 0.6 is 0 Å². The van der Waals surface area contributed by atoms with Crippen LogP contribution in [0, 0.1) is 40.4 Å². The topological polar surface area (TPSA) is 82.1 Å². The average molecular weight is 447 g/mol. The number of ether oxygens (including phenoxy) is 3. The van der Waals surface area contributed by atoms with E-state index in [1.54, 1.807) is 34.6 Å². The fraction of sp³-hybridized carbons (Fsp3) is 0.440. The molecule has 0 bridgehead atoms. The second-order valence-electron chi connectivity index (χ2n) is 7.76. The Bertz CT molecular complexity index is 1070. The minimum atomic E-state index is -0.824. The summed E-state index contributed by atoms with van der Waals surface area (Å²) in [5, 5.41) is 10.1. The van der Waals surface area contributed by atoms with Gasteiger partial charge in [0.05, 0.1) is 11.1 Å². The molecule has 2 aromatic rings. The molecule has 6 nitrogen and oxygen atoms in total. The molecule has 0 aliphatic rings. The number of benzene rings is 2. The van der Waals surface area contributed by atoms with Crippen LogP contribution in [0.25, 0.3) is 0 Å². The number of rotatable bonds is 7. The summed E-state index contributed by atoms with van der Waals surface area (Å²) >= 11 is 0. The maximum atomic E-state index is 14.6. The SMILES string of the molecule is CCc1c(C)c(C(=O)Oc2c(C)c(C)c(C(=O)OCOC)c(C)c2CC)c(C)c(F)c1O. The number of phenolic OH excluding ortho intramolecular Hbond substituents is 1. The highest BCUT2D eigenvalue weighted by atomic mass is 19.1. The van der Waals surface area contributed by atoms with Crippen LogP contribution in [0.15, 0.2) is 0 Å². The van der Waals surface area contributed by atoms with E-state index in [4.69, 9.17) is 14.2 Å². The molecule has 174 valence electrons. The van der Waals surface area contributed by atoms with Crippen molar-refractivity contribution < 1.29 is 33.3 Å². The molecule has 32 heavy (non-hydrogen) atoms. The quantitative estimate of drug-likeness (QED) is 0.359. The van der Waals surface area contributed by atoms with Gasteiger partial charge in [0.25, 0.3) is 0 Å². The molecule has 0 spiro atoms. The number of phenols is 1. The molecule has 0 saturated heterocycles. The van der Waals surface area contributed by atoms with Crippen molar-refractivity contribution in [2.24, 2.45) is 0 Å². The van der Waals surface area contributed by atoms with Gasteiger partial charge in [-0.1, -0.05) is 13.8 Å². The molecule has 0 saturated carbocycles. The Balaban J connectivity index is 2.63. The molecule has 0 aliphatic heterocycles. The zero-order chi connectivity index (χ0) is 24.3. The van der Waals surface area contributed by atoms with Crippen LogP contribution in [0.4, 0.5) is 4.39 Å². The van der Waals surface area contributed by atoms with Crippen LogP contribution in [0.2, 0.25) is 0 Å². The zero-order valence-electron chi connectivity index (χ0n) is 20.0. The van der Waals surface area contributed by atoms with Crippen LogP contribution in [0.5, 0.6) is 11.5 Å². The Hall–Kier alpha value is -2.93. The van der Waals surface area contributed by atoms with Gasteiger partial charge in [-0.2, -0.15) is 0 Å². The van der Waals surface area contributed by atoms with Crippen LogP contribution < -0.4 is 4.74 Å². The molecular formula is C25H31FO6. The molecule has 0 unspecified atom stereocenters. The molecular weight excluding hydrogens is 415 g/mol. The predicted octanol–water partition coefficient (Wildman–Crippen LogP) is 5.18. The smallest absolute Gasteiger partial charge is 0.344 e. The summed E-state index contributed by atoms with van der Waals surface area (Å²) in [5.41, 5.74) is 3.98. The lowest BCUT2D eigenvalue weighted by molar-refractivity contribution is -0.0126. The Kier molecular flexibility index (Phi) is 8.02. The molecule has 2 rings (SSSR count). The molecule has 0 heterocycles. The van der Waals surface area contributed by atoms with Crippen molar-refractivity contribution in [3.05, 3.63) is 55.9 Å². The Morgan fingerprint density at radius 3 is 1.88 bits per heavy atom. The number of carbonyl (C=O) groups is 2. The normalized spacial score (nSPS) is 10.9. The molecule has 0 radical (unpaired) electrons. The van der Waals surface area contributed by atoms with Crippen molar-refractivity contribution in [1.29, 1.82) is 0 Å². The van der Waals surface area contributed by atoms with Crippen molar-refractivity contribution in [3.8, 4) is 11.5 Å². The number of aromatic hydroxyl groups is 1. The molecule has 0 fully saturated rings. The van der Waals surface area contributed by atoms with Gasteiger partial charge < -0.3 is 19.3 Å². The lowest BCUT2D eigenvalue weighted by Gasteiger charge is -2.21. The van der Waals surface area contributed by atoms with Gasteiger partial charge in [0, 0.05) is 18.2 Å². The van der Waals surface area contributed by atoms with Crippen molar-refractivity contribution in [2.75, 3.05) is 13.9 Å². The number of hydrogen-bond donors (Lipinski definition) is 1. The third-order valence-electron chi connectivity index (χ3n) is 6.02. The molecule has 1 N–H and O–H groups in total. The number of halogens is 1. The van der Waals surface area contributed by atoms with E-state index in [1.807, 2.05) is 6.92 Å². The molecule has 0 amide bonds. The van der Waals surface area contributed by atoms with E-state index in [0.717, 1.165) is 0 Å². The molecule has 2 aromatic carbocycles. The summed E-state index contributed by atoms with van der Waals surface area (Å²) in [6, 6.07) is 0. The van der Waals surface area contributed by atoms with Gasteiger partial charge >= 0.3 is 11.9 Å². The van der Waals surface area contributed by atoms with Crippen LogP contribution in [-0.2, 0) is 22.3 Å². The number of carbonyl (C=O) groups excluding carboxylic acids is 2. The van der Waals surface area contributed by atoms with Crippen molar-refractivity contribution in [1.82, 2.24) is 0 Å². The molecule has 0 aliphatic carbocycles. The highest BCUT2D eigenvalue weighted by Crippen LogP contribution is 2.37. The number of methoxy groups -OCH3 is 1. The van der Waals surface area contributed by atoms with Crippen LogP contribution in [-0.4, -0.2) is 30.9 Å². The average Bonchev–Trinajstić information content (AvgIpc) is 2.75. The minimum Gasteiger partial charge on any atom is -0.505 e. The van der Waals surface area contributed by atoms with E-state index in [9.17, 15) is 19.1 Å². The standard InChI is InChI=1S/C25H31FO6/c1-9-17-14(5)20(16(7)21(26)22(17)27)25(29)32-23-13(4)12(3)19(15(6)18(23)10-2)24(28)31-11-30-8/h27H,9-11H2,1-8H3. The van der Waals surface area contributed by atoms with Crippen molar-refractivity contribution in [3.63, 3.8) is 0 Å². The van der Waals surface area contributed by atoms with Gasteiger partial charge in [0.15, 0.2) is 18.4 Å². The van der Waals surface area contributed by atoms with E-state index in [0.29, 0.717) is 57.5 Å². The third kappa shape index (κ3) is 4.35. The Morgan fingerprint density at radius 2 is 1.34 bits per heavy atom. The Labute approximate surface area is 188 Å². The monoisotopic (exact) mass is 446 g/mol. The second kappa shape index (κ2) is 10.1. The summed E-state index contributed by atoms with van der Waals surface area (Å²) in [6.45, 7) is 11.9. The van der Waals surface area contributed by atoms with Gasteiger partial charge in [-0.15, -0.1) is 0 Å². The lowest BCUT2D eigenvalue weighted by atomic mass is 9.91. The maximum absolute atomic E-state index is 14.6. The summed E-state index contributed by atoms with van der Waals surface area (Å²) in [5.74, 6) is -2.14. The molecule has 0 atom stereocenters. The number of esters is 2. The lowest BCUT2D eigenvalue weighted by Crippen LogP contribution is -2.19. The van der Waals surface area contributed by atoms with Gasteiger partial charge in [0.1, 0.15) is 5.75 Å². The van der Waals surface area contributed by atoms with Crippen LogP contribution in [0.1, 0.15) is 73.5 Å². The highest BCUT2D eigenvalue weighted by Gasteiger charge is 2.28. The summed E-state index contributed by atoms with van der Waals surface area (Å²) in [7, 11) is 1.43. The molecule has 7 heteroatoms. The van der Waals surface area contributed by atoms with E-state index >= 15 is 0 Å². The van der Waals surface area contributed by atoms with Crippen molar-refractivity contribution >= 4 is 11.9 Å². The first-order chi connectivity index (χ1) is 15.0. The minimum absolute atomic E-state index is 0.0334. The van der Waals surface area contributed by atoms with E-state index in [-0.39, 0.29) is 17.9 Å². The van der Waals surface area contributed by atoms with E-state index in [1.165, 1.54) is 14.0 Å². The van der Waals surface area contributed by atoms with Gasteiger partial charge in [-0.05, 0) is 75.3 Å². The van der Waals surface area contributed by atoms with Crippen molar-refractivity contribution in [2.45, 2.75) is 61.3 Å². The molecule has 0 aromatic heterocycles. The fourth-order valence-electron chi connectivity index (χ4n) is 4.15. The van der Waals surface area contributed by atoms with Crippen LogP contribution in [0.3, 0.4) is 0 Å². The summed E-state index contributed by atoms with van der Waals surface area (Å²) in [4.78, 5) is 25.8. The highest BCUT2D eigenvalue weighted by molar-refractivity contribution is 5.97. The third-order valence-corrected chi connectivity index (χ3v) is 6.02. The zero-order valence-corrected chi connectivity index (χ0v) is 20.0. The van der Waals surface area contributed by atoms with Gasteiger partial charge in [0.2, 0.25) is 0 Å². The summed E-state index contributed by atoms with van der Waals surface area (Å²) in [6.07, 6.45) is 0.868. The first-order valence-corrected chi connectivity index (χ1v) is 10.5. The maximum Gasteiger partial charge on any atom is 0.344 e. The van der Waals surface area contributed by atoms with E-state index in [2.05, 4.69) is 0 Å². The second-order valence-corrected chi connectivity index (χ2v) is 7.76. The van der Waals surface area contributed by atoms with E-state index < -0.39 is 23.5 Å².